The molecule has 1 heterocycles. The van der Waals surface area contributed by atoms with Gasteiger partial charge in [-0.3, -0.25) is 9.52 Å². The lowest BCUT2D eigenvalue weighted by molar-refractivity contribution is 0.102. The predicted molar refractivity (Wildman–Crippen MR) is 120 cm³/mol. The number of hydrogen-bond donors (Lipinski definition) is 2. The number of anilines is 2. The Morgan fingerprint density at radius 3 is 2.19 bits per heavy atom. The van der Waals surface area contributed by atoms with Gasteiger partial charge in [-0.25, -0.2) is 13.1 Å². The average molecular weight is 433 g/mol. The quantitative estimate of drug-likeness (QED) is 0.477. The number of aromatic nitrogens is 2. The first-order valence-electron chi connectivity index (χ1n) is 9.54. The van der Waals surface area contributed by atoms with Gasteiger partial charge in [-0.05, 0) is 55.5 Å². The Bertz CT molecular complexity index is 1320. The lowest BCUT2D eigenvalue weighted by atomic mass is 10.2. The van der Waals surface area contributed by atoms with E-state index in [2.05, 4.69) is 15.1 Å². The monoisotopic (exact) mass is 432 g/mol. The Morgan fingerprint density at radius 1 is 0.839 bits per heavy atom. The van der Waals surface area contributed by atoms with Gasteiger partial charge in [0.15, 0.2) is 5.69 Å². The van der Waals surface area contributed by atoms with Crippen molar-refractivity contribution in [2.24, 2.45) is 0 Å². The molecule has 31 heavy (non-hydrogen) atoms. The maximum absolute atomic E-state index is 12.7. The molecule has 0 spiro atoms. The molecular weight excluding hydrogens is 412 g/mol. The van der Waals surface area contributed by atoms with Crippen LogP contribution in [0, 0.1) is 6.92 Å². The highest BCUT2D eigenvalue weighted by atomic mass is 32.2. The molecule has 3 aromatic carbocycles. The zero-order chi connectivity index (χ0) is 21.8. The molecule has 8 heteroatoms. The van der Waals surface area contributed by atoms with E-state index in [9.17, 15) is 13.2 Å². The Labute approximate surface area is 180 Å². The summed E-state index contributed by atoms with van der Waals surface area (Å²) in [6.45, 7) is 1.87. The second-order valence-electron chi connectivity index (χ2n) is 6.87. The summed E-state index contributed by atoms with van der Waals surface area (Å²) < 4.78 is 29.3. The number of aryl methyl sites for hydroxylation is 1. The minimum Gasteiger partial charge on any atom is -0.321 e. The molecule has 0 aliphatic rings. The normalized spacial score (nSPS) is 11.1. The van der Waals surface area contributed by atoms with Gasteiger partial charge in [0.2, 0.25) is 0 Å². The fourth-order valence-electron chi connectivity index (χ4n) is 3.09. The highest BCUT2D eigenvalue weighted by Gasteiger charge is 2.16. The molecular formula is C23H20N4O3S. The van der Waals surface area contributed by atoms with E-state index in [0.717, 1.165) is 11.4 Å². The van der Waals surface area contributed by atoms with Crippen molar-refractivity contribution in [2.75, 3.05) is 10.0 Å². The summed E-state index contributed by atoms with van der Waals surface area (Å²) in [7, 11) is -3.72. The van der Waals surface area contributed by atoms with Crippen molar-refractivity contribution in [3.8, 4) is 5.69 Å². The van der Waals surface area contributed by atoms with E-state index < -0.39 is 10.0 Å². The van der Waals surface area contributed by atoms with Crippen LogP contribution in [-0.2, 0) is 10.0 Å². The largest absolute Gasteiger partial charge is 0.321 e. The van der Waals surface area contributed by atoms with Crippen LogP contribution in [0.1, 0.15) is 16.2 Å². The molecule has 0 saturated carbocycles. The maximum atomic E-state index is 12.7. The molecule has 0 saturated heterocycles. The van der Waals surface area contributed by atoms with Crippen LogP contribution in [0.4, 0.5) is 11.4 Å². The third kappa shape index (κ3) is 4.65. The summed E-state index contributed by atoms with van der Waals surface area (Å²) in [5, 5.41) is 7.16. The molecule has 0 radical (unpaired) electrons. The number of nitrogens with one attached hydrogen (secondary N) is 2. The molecule has 156 valence electrons. The van der Waals surface area contributed by atoms with E-state index in [1.54, 1.807) is 53.2 Å². The number of rotatable bonds is 6. The van der Waals surface area contributed by atoms with E-state index in [0.29, 0.717) is 11.4 Å². The van der Waals surface area contributed by atoms with Crippen molar-refractivity contribution in [1.29, 1.82) is 0 Å². The van der Waals surface area contributed by atoms with Crippen LogP contribution < -0.4 is 10.0 Å². The molecule has 0 aliphatic heterocycles. The fourth-order valence-corrected chi connectivity index (χ4v) is 4.16. The first kappa shape index (κ1) is 20.4. The van der Waals surface area contributed by atoms with Crippen molar-refractivity contribution in [1.82, 2.24) is 9.78 Å². The number of benzene rings is 3. The Kier molecular flexibility index (Phi) is 5.55. The highest BCUT2D eigenvalue weighted by Crippen LogP contribution is 2.20. The van der Waals surface area contributed by atoms with Crippen LogP contribution in [-0.4, -0.2) is 24.1 Å². The SMILES string of the molecule is Cc1cc(C(=O)Nc2cccc(NS(=O)(=O)c3ccccc3)c2)nn1-c1ccccc1. The van der Waals surface area contributed by atoms with Gasteiger partial charge >= 0.3 is 0 Å². The van der Waals surface area contributed by atoms with E-state index >= 15 is 0 Å². The molecule has 7 nitrogen and oxygen atoms in total. The van der Waals surface area contributed by atoms with Gasteiger partial charge < -0.3 is 5.32 Å². The fraction of sp³-hybridized carbons (Fsp3) is 0.0435. The standard InChI is InChI=1S/C23H20N4O3S/c1-17-15-22(25-27(17)20-11-4-2-5-12-20)23(28)24-18-9-8-10-19(16-18)26-31(29,30)21-13-6-3-7-14-21/h2-16,26H,1H3,(H,24,28). The highest BCUT2D eigenvalue weighted by molar-refractivity contribution is 7.92. The van der Waals surface area contributed by atoms with Gasteiger partial charge in [0, 0.05) is 11.4 Å². The third-order valence-electron chi connectivity index (χ3n) is 4.55. The summed E-state index contributed by atoms with van der Waals surface area (Å²) in [5.74, 6) is -0.388. The Morgan fingerprint density at radius 2 is 1.48 bits per heavy atom. The number of para-hydroxylation sites is 1. The minimum absolute atomic E-state index is 0.159. The zero-order valence-electron chi connectivity index (χ0n) is 16.7. The number of nitrogens with zero attached hydrogens (tertiary/aromatic N) is 2. The number of hydrogen-bond acceptors (Lipinski definition) is 4. The summed E-state index contributed by atoms with van der Waals surface area (Å²) in [6, 6.07) is 25.8. The third-order valence-corrected chi connectivity index (χ3v) is 5.94. The van der Waals surface area contributed by atoms with Crippen molar-refractivity contribution >= 4 is 27.3 Å². The lowest BCUT2D eigenvalue weighted by Gasteiger charge is -2.10. The van der Waals surface area contributed by atoms with Gasteiger partial charge in [0.1, 0.15) is 0 Å². The maximum Gasteiger partial charge on any atom is 0.276 e. The topological polar surface area (TPSA) is 93.1 Å². The summed E-state index contributed by atoms with van der Waals surface area (Å²) in [6.07, 6.45) is 0. The average Bonchev–Trinajstić information content (AvgIpc) is 3.17. The smallest absolute Gasteiger partial charge is 0.276 e. The molecule has 4 rings (SSSR count). The van der Waals surface area contributed by atoms with Crippen LogP contribution in [0.25, 0.3) is 5.69 Å². The molecule has 2 N–H and O–H groups in total. The van der Waals surface area contributed by atoms with Gasteiger partial charge in [0.25, 0.3) is 15.9 Å². The van der Waals surface area contributed by atoms with Crippen LogP contribution >= 0.6 is 0 Å². The molecule has 0 bridgehead atoms. The molecule has 4 aromatic rings. The Balaban J connectivity index is 1.51. The van der Waals surface area contributed by atoms with Gasteiger partial charge in [-0.15, -0.1) is 0 Å². The van der Waals surface area contributed by atoms with Crippen LogP contribution in [0.15, 0.2) is 95.9 Å². The van der Waals surface area contributed by atoms with Gasteiger partial charge in [0.05, 0.1) is 16.3 Å². The van der Waals surface area contributed by atoms with Crippen molar-refractivity contribution in [2.45, 2.75) is 11.8 Å². The first-order chi connectivity index (χ1) is 14.9. The molecule has 1 amide bonds. The van der Waals surface area contributed by atoms with Crippen molar-refractivity contribution < 1.29 is 13.2 Å². The lowest BCUT2D eigenvalue weighted by Crippen LogP contribution is -2.15. The van der Waals surface area contributed by atoms with E-state index in [4.69, 9.17) is 0 Å². The molecule has 0 atom stereocenters. The Hall–Kier alpha value is -3.91. The van der Waals surface area contributed by atoms with E-state index in [1.165, 1.54) is 12.1 Å². The van der Waals surface area contributed by atoms with Crippen molar-refractivity contribution in [3.05, 3.63) is 102 Å². The molecule has 0 unspecified atom stereocenters. The van der Waals surface area contributed by atoms with Gasteiger partial charge in [-0.1, -0.05) is 42.5 Å². The minimum atomic E-state index is -3.72. The second kappa shape index (κ2) is 8.45. The predicted octanol–water partition coefficient (Wildman–Crippen LogP) is 4.23. The van der Waals surface area contributed by atoms with Crippen LogP contribution in [0.5, 0.6) is 0 Å². The molecule has 1 aromatic heterocycles. The summed E-state index contributed by atoms with van der Waals surface area (Å²) in [4.78, 5) is 12.9. The van der Waals surface area contributed by atoms with E-state index in [-0.39, 0.29) is 16.5 Å². The van der Waals surface area contributed by atoms with Gasteiger partial charge in [-0.2, -0.15) is 5.10 Å². The number of amides is 1. The zero-order valence-corrected chi connectivity index (χ0v) is 17.5. The molecule has 0 aliphatic carbocycles. The summed E-state index contributed by atoms with van der Waals surface area (Å²) >= 11 is 0. The van der Waals surface area contributed by atoms with Crippen LogP contribution in [0.3, 0.4) is 0 Å². The second-order valence-corrected chi connectivity index (χ2v) is 8.55. The number of carbonyl (C=O) groups is 1. The van der Waals surface area contributed by atoms with E-state index in [1.807, 2.05) is 37.3 Å². The first-order valence-corrected chi connectivity index (χ1v) is 11.0. The van der Waals surface area contributed by atoms with Crippen LogP contribution in [0.2, 0.25) is 0 Å². The molecule has 0 fully saturated rings. The van der Waals surface area contributed by atoms with Crippen molar-refractivity contribution in [3.63, 3.8) is 0 Å². The number of sulfonamides is 1. The number of carbonyl (C=O) groups excluding carboxylic acids is 1. The summed E-state index contributed by atoms with van der Waals surface area (Å²) in [5.41, 5.74) is 2.73.